The predicted octanol–water partition coefficient (Wildman–Crippen LogP) is 3.05. The molecule has 5 heteroatoms. The molecule has 0 aromatic carbocycles. The van der Waals surface area contributed by atoms with Crippen LogP contribution < -0.4 is 5.32 Å². The predicted molar refractivity (Wildman–Crippen MR) is 79.1 cm³/mol. The number of carbonyl (C=O) groups excluding carboxylic acids is 1. The standard InChI is InChI=1S/C14H22BrN3O/c1-8-6-5-7-11(9(8)2)16-14(19)13-12(15)10(3)18(4)17-13/h8-9,11H,5-7H2,1-4H3,(H,16,19)/t8-,9+,11+/m0/s1. The van der Waals surface area contributed by atoms with E-state index in [1.807, 2.05) is 14.0 Å². The summed E-state index contributed by atoms with van der Waals surface area (Å²) in [5.41, 5.74) is 1.46. The van der Waals surface area contributed by atoms with Crippen LogP contribution in [0.4, 0.5) is 0 Å². The van der Waals surface area contributed by atoms with Crippen molar-refractivity contribution in [3.05, 3.63) is 15.9 Å². The van der Waals surface area contributed by atoms with Crippen molar-refractivity contribution in [1.82, 2.24) is 15.1 Å². The molecule has 0 radical (unpaired) electrons. The fourth-order valence-corrected chi connectivity index (χ4v) is 3.27. The zero-order valence-electron chi connectivity index (χ0n) is 12.0. The first-order valence-corrected chi connectivity index (χ1v) is 7.71. The van der Waals surface area contributed by atoms with E-state index >= 15 is 0 Å². The maximum absolute atomic E-state index is 12.3. The Bertz CT molecular complexity index is 483. The van der Waals surface area contributed by atoms with E-state index in [1.165, 1.54) is 12.8 Å². The van der Waals surface area contributed by atoms with Crippen LogP contribution in [0.15, 0.2) is 4.47 Å². The molecule has 0 unspecified atom stereocenters. The minimum Gasteiger partial charge on any atom is -0.348 e. The highest BCUT2D eigenvalue weighted by molar-refractivity contribution is 9.10. The number of nitrogens with zero attached hydrogens (tertiary/aromatic N) is 2. The Labute approximate surface area is 123 Å². The van der Waals surface area contributed by atoms with E-state index in [0.717, 1.165) is 16.6 Å². The highest BCUT2D eigenvalue weighted by Gasteiger charge is 2.29. The molecule has 3 atom stereocenters. The lowest BCUT2D eigenvalue weighted by atomic mass is 9.78. The summed E-state index contributed by atoms with van der Waals surface area (Å²) in [6, 6.07) is 0.269. The maximum atomic E-state index is 12.3. The molecule has 1 amide bonds. The fourth-order valence-electron chi connectivity index (χ4n) is 2.75. The molecule has 0 spiro atoms. The Morgan fingerprint density at radius 1 is 1.42 bits per heavy atom. The molecule has 1 aromatic rings. The largest absolute Gasteiger partial charge is 0.348 e. The highest BCUT2D eigenvalue weighted by Crippen LogP contribution is 2.30. The van der Waals surface area contributed by atoms with E-state index in [9.17, 15) is 4.79 Å². The minimum atomic E-state index is -0.0680. The first kappa shape index (κ1) is 14.6. The van der Waals surface area contributed by atoms with Crippen LogP contribution in [0.25, 0.3) is 0 Å². The summed E-state index contributed by atoms with van der Waals surface area (Å²) in [6.45, 7) is 6.44. The smallest absolute Gasteiger partial charge is 0.273 e. The monoisotopic (exact) mass is 327 g/mol. The van der Waals surface area contributed by atoms with Crippen LogP contribution in [0, 0.1) is 18.8 Å². The molecule has 0 saturated heterocycles. The van der Waals surface area contributed by atoms with Crippen molar-refractivity contribution in [3.8, 4) is 0 Å². The number of hydrogen-bond acceptors (Lipinski definition) is 2. The number of rotatable bonds is 2. The van der Waals surface area contributed by atoms with E-state index in [-0.39, 0.29) is 11.9 Å². The molecule has 1 heterocycles. The summed E-state index contributed by atoms with van der Waals surface area (Å²) in [5, 5.41) is 7.43. The van der Waals surface area contributed by atoms with Crippen molar-refractivity contribution in [2.45, 2.75) is 46.1 Å². The van der Waals surface area contributed by atoms with Crippen LogP contribution in [-0.4, -0.2) is 21.7 Å². The molecule has 4 nitrogen and oxygen atoms in total. The molecule has 1 aliphatic carbocycles. The molecular weight excluding hydrogens is 306 g/mol. The average molecular weight is 328 g/mol. The number of aromatic nitrogens is 2. The summed E-state index contributed by atoms with van der Waals surface area (Å²) in [4.78, 5) is 12.3. The lowest BCUT2D eigenvalue weighted by Gasteiger charge is -2.34. The van der Waals surface area contributed by atoms with Gasteiger partial charge in [0.1, 0.15) is 0 Å². The third-order valence-electron chi connectivity index (χ3n) is 4.50. The maximum Gasteiger partial charge on any atom is 0.273 e. The lowest BCUT2D eigenvalue weighted by Crippen LogP contribution is -2.43. The van der Waals surface area contributed by atoms with Crippen LogP contribution in [-0.2, 0) is 7.05 Å². The van der Waals surface area contributed by atoms with Gasteiger partial charge < -0.3 is 5.32 Å². The number of nitrogens with one attached hydrogen (secondary N) is 1. The second kappa shape index (κ2) is 5.65. The molecule has 0 bridgehead atoms. The van der Waals surface area contributed by atoms with Crippen LogP contribution in [0.5, 0.6) is 0 Å². The summed E-state index contributed by atoms with van der Waals surface area (Å²) < 4.78 is 2.52. The third-order valence-corrected chi connectivity index (χ3v) is 5.45. The van der Waals surface area contributed by atoms with Crippen molar-refractivity contribution < 1.29 is 4.79 Å². The molecule has 1 aliphatic rings. The molecule has 1 aromatic heterocycles. The molecule has 2 rings (SSSR count). The van der Waals surface area contributed by atoms with E-state index in [2.05, 4.69) is 40.2 Å². The van der Waals surface area contributed by atoms with Gasteiger partial charge >= 0.3 is 0 Å². The van der Waals surface area contributed by atoms with E-state index in [0.29, 0.717) is 17.5 Å². The van der Waals surface area contributed by atoms with Gasteiger partial charge in [-0.15, -0.1) is 0 Å². The quantitative estimate of drug-likeness (QED) is 0.907. The molecular formula is C14H22BrN3O. The molecule has 1 saturated carbocycles. The van der Waals surface area contributed by atoms with Crippen molar-refractivity contribution in [1.29, 1.82) is 0 Å². The summed E-state index contributed by atoms with van der Waals surface area (Å²) >= 11 is 3.45. The third kappa shape index (κ3) is 2.86. The minimum absolute atomic E-state index is 0.0680. The fraction of sp³-hybridized carbons (Fsp3) is 0.714. The van der Waals surface area contributed by atoms with Crippen LogP contribution in [0.3, 0.4) is 0 Å². The number of halogens is 1. The van der Waals surface area contributed by atoms with Gasteiger partial charge in [-0.25, -0.2) is 0 Å². The van der Waals surface area contributed by atoms with Crippen molar-refractivity contribution >= 4 is 21.8 Å². The van der Waals surface area contributed by atoms with Gasteiger partial charge in [0.25, 0.3) is 5.91 Å². The first-order valence-electron chi connectivity index (χ1n) is 6.91. The van der Waals surface area contributed by atoms with Crippen LogP contribution >= 0.6 is 15.9 Å². The van der Waals surface area contributed by atoms with Crippen molar-refractivity contribution in [3.63, 3.8) is 0 Å². The van der Waals surface area contributed by atoms with Gasteiger partial charge in [0.2, 0.25) is 0 Å². The van der Waals surface area contributed by atoms with E-state index in [4.69, 9.17) is 0 Å². The Balaban J connectivity index is 2.10. The van der Waals surface area contributed by atoms with Gasteiger partial charge in [-0.2, -0.15) is 5.10 Å². The van der Waals surface area contributed by atoms with Gasteiger partial charge in [-0.05, 0) is 41.1 Å². The topological polar surface area (TPSA) is 46.9 Å². The zero-order chi connectivity index (χ0) is 14.2. The van der Waals surface area contributed by atoms with Crippen molar-refractivity contribution in [2.24, 2.45) is 18.9 Å². The number of aryl methyl sites for hydroxylation is 1. The number of carbonyl (C=O) groups is 1. The Hall–Kier alpha value is -0.840. The Kier molecular flexibility index (Phi) is 4.33. The molecule has 1 N–H and O–H groups in total. The van der Waals surface area contributed by atoms with Gasteiger partial charge in [-0.1, -0.05) is 26.7 Å². The lowest BCUT2D eigenvalue weighted by molar-refractivity contribution is 0.0884. The average Bonchev–Trinajstić information content (AvgIpc) is 2.63. The van der Waals surface area contributed by atoms with Gasteiger partial charge in [0.15, 0.2) is 5.69 Å². The van der Waals surface area contributed by atoms with E-state index in [1.54, 1.807) is 4.68 Å². The van der Waals surface area contributed by atoms with Gasteiger partial charge in [-0.3, -0.25) is 9.48 Å². The normalized spacial score (nSPS) is 27.3. The Morgan fingerprint density at radius 2 is 2.11 bits per heavy atom. The van der Waals surface area contributed by atoms with Crippen molar-refractivity contribution in [2.75, 3.05) is 0 Å². The van der Waals surface area contributed by atoms with Gasteiger partial charge in [0, 0.05) is 13.1 Å². The first-order chi connectivity index (χ1) is 8.91. The van der Waals surface area contributed by atoms with Crippen LogP contribution in [0.2, 0.25) is 0 Å². The molecule has 106 valence electrons. The number of amides is 1. The van der Waals surface area contributed by atoms with Crippen LogP contribution in [0.1, 0.15) is 49.3 Å². The highest BCUT2D eigenvalue weighted by atomic mass is 79.9. The second-order valence-corrected chi connectivity index (χ2v) is 6.51. The second-order valence-electron chi connectivity index (χ2n) is 5.72. The summed E-state index contributed by atoms with van der Waals surface area (Å²) in [5.74, 6) is 1.13. The summed E-state index contributed by atoms with van der Waals surface area (Å²) in [6.07, 6.45) is 3.53. The molecule has 0 aliphatic heterocycles. The SMILES string of the molecule is Cc1c(Br)c(C(=O)N[C@@H]2CCC[C@H](C)[C@H]2C)nn1C. The summed E-state index contributed by atoms with van der Waals surface area (Å²) in [7, 11) is 1.85. The number of hydrogen-bond donors (Lipinski definition) is 1. The molecule has 1 fully saturated rings. The molecule has 19 heavy (non-hydrogen) atoms. The van der Waals surface area contributed by atoms with E-state index < -0.39 is 0 Å². The Morgan fingerprint density at radius 3 is 2.68 bits per heavy atom. The van der Waals surface area contributed by atoms with Gasteiger partial charge in [0.05, 0.1) is 10.2 Å². The zero-order valence-corrected chi connectivity index (χ0v) is 13.6.